The van der Waals surface area contributed by atoms with Gasteiger partial charge in [-0.15, -0.1) is 11.3 Å². The molecule has 0 bridgehead atoms. The molecule has 4 rings (SSSR count). The maximum atomic E-state index is 13.0. The molecule has 0 aliphatic carbocycles. The fraction of sp³-hybridized carbons (Fsp3) is 0.350. The molecule has 0 saturated carbocycles. The number of amides is 3. The molecule has 29 heavy (non-hydrogen) atoms. The fourth-order valence-electron chi connectivity index (χ4n) is 3.73. The molecule has 0 radical (unpaired) electrons. The molecular formula is C20H21N3O5S. The topological polar surface area (TPSA) is 90.4 Å². The van der Waals surface area contributed by atoms with Crippen LogP contribution in [0.25, 0.3) is 0 Å². The van der Waals surface area contributed by atoms with Gasteiger partial charge in [0.15, 0.2) is 11.5 Å². The van der Waals surface area contributed by atoms with Crippen molar-refractivity contribution in [1.29, 1.82) is 0 Å². The van der Waals surface area contributed by atoms with Crippen LogP contribution in [0.4, 0.5) is 5.00 Å². The summed E-state index contributed by atoms with van der Waals surface area (Å²) in [5, 5.41) is 10.9. The van der Waals surface area contributed by atoms with Crippen molar-refractivity contribution in [2.24, 2.45) is 0 Å². The Morgan fingerprint density at radius 1 is 1.21 bits per heavy atom. The number of anilines is 1. The summed E-state index contributed by atoms with van der Waals surface area (Å²) in [5.74, 6) is -0.559. The number of hydrogen-bond donors (Lipinski definition) is 1. The number of phenols is 1. The predicted molar refractivity (Wildman–Crippen MR) is 108 cm³/mol. The number of likely N-dealkylation sites (N-methyl/N-ethyl adjacent to an activating group) is 2. The van der Waals surface area contributed by atoms with Gasteiger partial charge in [0.25, 0.3) is 11.8 Å². The van der Waals surface area contributed by atoms with Crippen molar-refractivity contribution < 1.29 is 24.2 Å². The summed E-state index contributed by atoms with van der Waals surface area (Å²) >= 11 is 1.37. The van der Waals surface area contributed by atoms with Crippen LogP contribution >= 0.6 is 11.3 Å². The highest BCUT2D eigenvalue weighted by Crippen LogP contribution is 2.41. The lowest BCUT2D eigenvalue weighted by Gasteiger charge is -2.28. The molecule has 0 spiro atoms. The van der Waals surface area contributed by atoms with Crippen LogP contribution in [-0.4, -0.2) is 66.9 Å². The molecular weight excluding hydrogens is 394 g/mol. The van der Waals surface area contributed by atoms with E-state index in [1.165, 1.54) is 28.2 Å². The Bertz CT molecular complexity index is 1030. The molecule has 1 aromatic heterocycles. The van der Waals surface area contributed by atoms with Gasteiger partial charge in [0.1, 0.15) is 11.5 Å². The van der Waals surface area contributed by atoms with E-state index in [1.807, 2.05) is 0 Å². The third-order valence-electron chi connectivity index (χ3n) is 5.39. The molecule has 0 saturated heterocycles. The molecule has 0 atom stereocenters. The van der Waals surface area contributed by atoms with Crippen LogP contribution in [0.3, 0.4) is 0 Å². The van der Waals surface area contributed by atoms with Crippen LogP contribution in [0, 0.1) is 0 Å². The number of aromatic hydroxyl groups is 1. The number of rotatable bonds is 2. The average Bonchev–Trinajstić information content (AvgIpc) is 3.07. The van der Waals surface area contributed by atoms with Crippen LogP contribution in [0.2, 0.25) is 0 Å². The summed E-state index contributed by atoms with van der Waals surface area (Å²) < 4.78 is 5.09. The molecule has 2 aliphatic heterocycles. The van der Waals surface area contributed by atoms with Gasteiger partial charge in [-0.25, -0.2) is 0 Å². The van der Waals surface area contributed by atoms with Crippen molar-refractivity contribution in [3.8, 4) is 11.5 Å². The third kappa shape index (κ3) is 3.02. The minimum Gasteiger partial charge on any atom is -0.504 e. The minimum absolute atomic E-state index is 0.0469. The van der Waals surface area contributed by atoms with Crippen LogP contribution < -0.4 is 9.64 Å². The summed E-state index contributed by atoms with van der Waals surface area (Å²) in [6.07, 6.45) is 0.513. The van der Waals surface area contributed by atoms with E-state index in [2.05, 4.69) is 0 Å². The second kappa shape index (κ2) is 7.07. The lowest BCUT2D eigenvalue weighted by Crippen LogP contribution is -2.37. The smallest absolute Gasteiger partial charge is 0.258 e. The molecule has 2 aromatic rings. The van der Waals surface area contributed by atoms with Crippen molar-refractivity contribution in [3.63, 3.8) is 0 Å². The molecule has 1 aromatic carbocycles. The predicted octanol–water partition coefficient (Wildman–Crippen LogP) is 1.71. The van der Waals surface area contributed by atoms with Crippen molar-refractivity contribution in [2.45, 2.75) is 13.0 Å². The van der Waals surface area contributed by atoms with Crippen molar-refractivity contribution in [2.75, 3.05) is 39.2 Å². The number of methoxy groups -OCH3 is 1. The second-order valence-corrected chi connectivity index (χ2v) is 8.21. The van der Waals surface area contributed by atoms with E-state index in [-0.39, 0.29) is 41.3 Å². The number of thiophene rings is 1. The molecule has 3 amide bonds. The minimum atomic E-state index is -0.302. The number of nitrogens with zero attached hydrogens (tertiary/aromatic N) is 3. The molecule has 0 fully saturated rings. The van der Waals surface area contributed by atoms with Crippen LogP contribution in [0.15, 0.2) is 18.2 Å². The Kier molecular flexibility index (Phi) is 4.70. The van der Waals surface area contributed by atoms with Crippen LogP contribution in [0.5, 0.6) is 11.5 Å². The van der Waals surface area contributed by atoms with Crippen molar-refractivity contribution in [3.05, 3.63) is 39.8 Å². The molecule has 0 unspecified atom stereocenters. The second-order valence-electron chi connectivity index (χ2n) is 7.13. The number of fused-ring (bicyclic) bond motifs is 3. The standard InChI is InChI=1S/C20H21N3O5S/c1-21-10-15(24)22(2)20-16(19(21)27)11-7-8-23(9-14(11)29-20)18(26)12-5-4-6-13(28-3)17(12)25/h4-6,25H,7-10H2,1-3H3. The van der Waals surface area contributed by atoms with Gasteiger partial charge in [-0.1, -0.05) is 6.07 Å². The lowest BCUT2D eigenvalue weighted by molar-refractivity contribution is -0.118. The number of benzene rings is 1. The fourth-order valence-corrected chi connectivity index (χ4v) is 5.07. The number of hydrogen-bond acceptors (Lipinski definition) is 6. The molecule has 1 N–H and O–H groups in total. The molecule has 3 heterocycles. The van der Waals surface area contributed by atoms with E-state index < -0.39 is 0 Å². The number of ether oxygens (including phenoxy) is 1. The first-order valence-corrected chi connectivity index (χ1v) is 9.97. The van der Waals surface area contributed by atoms with Gasteiger partial charge >= 0.3 is 0 Å². The Hall–Kier alpha value is -3.07. The quantitative estimate of drug-likeness (QED) is 0.807. The molecule has 152 valence electrons. The Morgan fingerprint density at radius 2 is 1.97 bits per heavy atom. The third-order valence-corrected chi connectivity index (χ3v) is 6.68. The van der Waals surface area contributed by atoms with Gasteiger partial charge < -0.3 is 24.5 Å². The first-order valence-electron chi connectivity index (χ1n) is 9.15. The SMILES string of the molecule is COc1cccc(C(=O)N2CCc3c(sc4c3C(=O)N(C)CC(=O)N4C)C2)c1O. The van der Waals surface area contributed by atoms with E-state index in [1.54, 1.807) is 37.2 Å². The maximum absolute atomic E-state index is 13.0. The maximum Gasteiger partial charge on any atom is 0.258 e. The highest BCUT2D eigenvalue weighted by atomic mass is 32.1. The summed E-state index contributed by atoms with van der Waals surface area (Å²) in [6.45, 7) is 0.785. The number of para-hydroxylation sites is 1. The molecule has 9 heteroatoms. The Morgan fingerprint density at radius 3 is 2.69 bits per heavy atom. The van der Waals surface area contributed by atoms with Crippen LogP contribution in [-0.2, 0) is 17.8 Å². The van der Waals surface area contributed by atoms with E-state index in [0.717, 1.165) is 10.4 Å². The first kappa shape index (κ1) is 19.3. The van der Waals surface area contributed by atoms with Gasteiger partial charge in [-0.3, -0.25) is 14.4 Å². The van der Waals surface area contributed by atoms with Crippen molar-refractivity contribution in [1.82, 2.24) is 9.80 Å². The summed E-state index contributed by atoms with van der Waals surface area (Å²) in [4.78, 5) is 43.7. The van der Waals surface area contributed by atoms with Crippen LogP contribution in [0.1, 0.15) is 31.2 Å². The number of carbonyl (C=O) groups excluding carboxylic acids is 3. The normalized spacial score (nSPS) is 16.4. The van der Waals surface area contributed by atoms with E-state index >= 15 is 0 Å². The zero-order chi connectivity index (χ0) is 20.9. The summed E-state index contributed by atoms with van der Waals surface area (Å²) in [5.41, 5.74) is 1.65. The number of carbonyl (C=O) groups is 3. The Labute approximate surface area is 171 Å². The van der Waals surface area contributed by atoms with E-state index in [4.69, 9.17) is 4.74 Å². The van der Waals surface area contributed by atoms with E-state index in [9.17, 15) is 19.5 Å². The zero-order valence-electron chi connectivity index (χ0n) is 16.4. The Balaban J connectivity index is 1.68. The average molecular weight is 415 g/mol. The lowest BCUT2D eigenvalue weighted by atomic mass is 10.0. The van der Waals surface area contributed by atoms with Gasteiger partial charge in [-0.2, -0.15) is 0 Å². The number of phenolic OH excluding ortho intramolecular Hbond substituents is 1. The molecule has 2 aliphatic rings. The van der Waals surface area contributed by atoms with Gasteiger partial charge in [-0.05, 0) is 24.1 Å². The summed E-state index contributed by atoms with van der Waals surface area (Å²) in [7, 11) is 4.73. The monoisotopic (exact) mass is 415 g/mol. The van der Waals surface area contributed by atoms with Crippen molar-refractivity contribution >= 4 is 34.1 Å². The van der Waals surface area contributed by atoms with E-state index in [0.29, 0.717) is 30.1 Å². The summed E-state index contributed by atoms with van der Waals surface area (Å²) in [6, 6.07) is 4.81. The van der Waals surface area contributed by atoms with Gasteiger partial charge in [0, 0.05) is 25.5 Å². The first-order chi connectivity index (χ1) is 13.8. The zero-order valence-corrected chi connectivity index (χ0v) is 17.2. The van der Waals surface area contributed by atoms with Gasteiger partial charge in [0.2, 0.25) is 5.91 Å². The largest absolute Gasteiger partial charge is 0.504 e. The highest BCUT2D eigenvalue weighted by molar-refractivity contribution is 7.17. The molecule has 8 nitrogen and oxygen atoms in total. The van der Waals surface area contributed by atoms with Gasteiger partial charge in [0.05, 0.1) is 24.8 Å². The highest BCUT2D eigenvalue weighted by Gasteiger charge is 2.36.